The van der Waals surface area contributed by atoms with Crippen LogP contribution in [-0.2, 0) is 19.6 Å². The van der Waals surface area contributed by atoms with Crippen molar-refractivity contribution in [3.05, 3.63) is 54.1 Å². The Morgan fingerprint density at radius 2 is 1.91 bits per heavy atom. The van der Waals surface area contributed by atoms with Crippen LogP contribution >= 0.6 is 0 Å². The van der Waals surface area contributed by atoms with E-state index in [4.69, 9.17) is 0 Å². The quantitative estimate of drug-likeness (QED) is 0.700. The van der Waals surface area contributed by atoms with Crippen LogP contribution in [0.3, 0.4) is 0 Å². The van der Waals surface area contributed by atoms with Crippen LogP contribution in [0.1, 0.15) is 38.7 Å². The zero-order chi connectivity index (χ0) is 22.9. The lowest BCUT2D eigenvalue weighted by Gasteiger charge is -2.20. The normalized spacial score (nSPS) is 20.0. The SMILES string of the molecule is CC[C@H](C)[C@H](N=C1NS(=O)(=O)c2ccccc21)C(=O)Nc1ccc(N2CCCC2=O)cc1. The van der Waals surface area contributed by atoms with Crippen molar-refractivity contribution in [3.63, 3.8) is 0 Å². The van der Waals surface area contributed by atoms with E-state index < -0.39 is 16.1 Å². The van der Waals surface area contributed by atoms with Gasteiger partial charge in [-0.3, -0.25) is 19.3 Å². The smallest absolute Gasteiger partial charge is 0.263 e. The van der Waals surface area contributed by atoms with Gasteiger partial charge in [-0.2, -0.15) is 0 Å². The van der Waals surface area contributed by atoms with E-state index in [-0.39, 0.29) is 28.5 Å². The summed E-state index contributed by atoms with van der Waals surface area (Å²) in [4.78, 5) is 31.5. The molecule has 2 aliphatic heterocycles. The van der Waals surface area contributed by atoms with Gasteiger partial charge in [-0.05, 0) is 48.7 Å². The molecule has 2 amide bonds. The summed E-state index contributed by atoms with van der Waals surface area (Å²) in [6.45, 7) is 4.57. The number of aliphatic imine (C=N–C) groups is 1. The largest absolute Gasteiger partial charge is 0.324 e. The van der Waals surface area contributed by atoms with Crippen LogP contribution in [0.4, 0.5) is 11.4 Å². The Morgan fingerprint density at radius 3 is 2.56 bits per heavy atom. The second-order valence-electron chi connectivity index (χ2n) is 8.09. The maximum atomic E-state index is 13.1. The van der Waals surface area contributed by atoms with Gasteiger partial charge in [0, 0.05) is 29.9 Å². The Kier molecular flexibility index (Phi) is 6.01. The fourth-order valence-corrected chi connectivity index (χ4v) is 5.14. The fourth-order valence-electron chi connectivity index (χ4n) is 3.90. The highest BCUT2D eigenvalue weighted by molar-refractivity contribution is 7.90. The standard InChI is InChI=1S/C23H26N4O4S/c1-3-15(2)21(25-22-18-7-4-5-8-19(18)32(30,31)26-22)23(29)24-16-10-12-17(13-11-16)27-14-6-9-20(27)28/h4-5,7-8,10-13,15,21H,3,6,9,14H2,1-2H3,(H,24,29)(H,25,26)/t15-,21-/m0/s1. The van der Waals surface area contributed by atoms with E-state index in [0.29, 0.717) is 30.6 Å². The number of rotatable bonds is 6. The lowest BCUT2D eigenvalue weighted by atomic mass is 9.98. The topological polar surface area (TPSA) is 108 Å². The predicted molar refractivity (Wildman–Crippen MR) is 123 cm³/mol. The number of benzene rings is 2. The van der Waals surface area contributed by atoms with Gasteiger partial charge in [0.2, 0.25) is 11.8 Å². The molecule has 2 aromatic rings. The first-order chi connectivity index (χ1) is 15.3. The molecule has 8 nitrogen and oxygen atoms in total. The second-order valence-corrected chi connectivity index (χ2v) is 9.75. The minimum absolute atomic E-state index is 0.105. The lowest BCUT2D eigenvalue weighted by molar-refractivity contribution is -0.118. The summed E-state index contributed by atoms with van der Waals surface area (Å²) in [6.07, 6.45) is 2.10. The molecule has 1 saturated heterocycles. The summed E-state index contributed by atoms with van der Waals surface area (Å²) in [5.74, 6) is -0.139. The highest BCUT2D eigenvalue weighted by atomic mass is 32.2. The number of carbonyl (C=O) groups is 2. The summed E-state index contributed by atoms with van der Waals surface area (Å²) in [5, 5.41) is 2.88. The molecule has 2 N–H and O–H groups in total. The summed E-state index contributed by atoms with van der Waals surface area (Å²) in [7, 11) is -3.68. The predicted octanol–water partition coefficient (Wildman–Crippen LogP) is 2.91. The number of nitrogens with zero attached hydrogens (tertiary/aromatic N) is 2. The van der Waals surface area contributed by atoms with Crippen molar-refractivity contribution in [3.8, 4) is 0 Å². The summed E-state index contributed by atoms with van der Waals surface area (Å²) in [6, 6.07) is 12.9. The minimum Gasteiger partial charge on any atom is -0.324 e. The number of fused-ring (bicyclic) bond motifs is 1. The van der Waals surface area contributed by atoms with E-state index in [0.717, 1.165) is 12.1 Å². The van der Waals surface area contributed by atoms with Crippen molar-refractivity contribution in [1.29, 1.82) is 0 Å². The number of hydrogen-bond acceptors (Lipinski definition) is 5. The number of nitrogens with one attached hydrogen (secondary N) is 2. The third kappa shape index (κ3) is 4.25. The van der Waals surface area contributed by atoms with E-state index in [1.54, 1.807) is 35.2 Å². The van der Waals surface area contributed by atoms with Crippen LogP contribution in [0.2, 0.25) is 0 Å². The molecule has 2 aliphatic rings. The molecule has 0 aliphatic carbocycles. The van der Waals surface area contributed by atoms with Crippen LogP contribution < -0.4 is 14.9 Å². The molecule has 2 aromatic carbocycles. The highest BCUT2D eigenvalue weighted by Gasteiger charge is 2.33. The minimum atomic E-state index is -3.68. The molecule has 9 heteroatoms. The number of sulfonamides is 1. The van der Waals surface area contributed by atoms with Gasteiger partial charge >= 0.3 is 0 Å². The maximum absolute atomic E-state index is 13.1. The van der Waals surface area contributed by atoms with Crippen molar-refractivity contribution in [1.82, 2.24) is 4.72 Å². The van der Waals surface area contributed by atoms with E-state index >= 15 is 0 Å². The molecule has 4 rings (SSSR count). The van der Waals surface area contributed by atoms with Gasteiger partial charge in [-0.1, -0.05) is 32.4 Å². The number of carbonyl (C=O) groups excluding carboxylic acids is 2. The van der Waals surface area contributed by atoms with Crippen LogP contribution in [0.5, 0.6) is 0 Å². The lowest BCUT2D eigenvalue weighted by Crippen LogP contribution is -2.34. The Hall–Kier alpha value is -3.20. The summed E-state index contributed by atoms with van der Waals surface area (Å²) >= 11 is 0. The summed E-state index contributed by atoms with van der Waals surface area (Å²) in [5.41, 5.74) is 1.86. The molecular weight excluding hydrogens is 428 g/mol. The average molecular weight is 455 g/mol. The van der Waals surface area contributed by atoms with Crippen LogP contribution in [0.25, 0.3) is 0 Å². The van der Waals surface area contributed by atoms with Gasteiger partial charge in [0.05, 0.1) is 4.90 Å². The molecule has 32 heavy (non-hydrogen) atoms. The molecule has 2 atom stereocenters. The molecule has 0 aromatic heterocycles. The average Bonchev–Trinajstić information content (AvgIpc) is 3.32. The number of hydrogen-bond donors (Lipinski definition) is 2. The molecular formula is C23H26N4O4S. The van der Waals surface area contributed by atoms with Crippen LogP contribution in [0.15, 0.2) is 58.4 Å². The fraction of sp³-hybridized carbons (Fsp3) is 0.348. The van der Waals surface area contributed by atoms with Crippen LogP contribution in [-0.4, -0.2) is 38.7 Å². The molecule has 1 fully saturated rings. The molecule has 0 spiro atoms. The molecule has 0 saturated carbocycles. The molecule has 0 bridgehead atoms. The number of amidine groups is 1. The third-order valence-corrected chi connectivity index (χ3v) is 7.30. The van der Waals surface area contributed by atoms with E-state index in [2.05, 4.69) is 15.0 Å². The van der Waals surface area contributed by atoms with Crippen LogP contribution in [0, 0.1) is 5.92 Å². The first-order valence-electron chi connectivity index (χ1n) is 10.7. The molecule has 0 radical (unpaired) electrons. The maximum Gasteiger partial charge on any atom is 0.263 e. The first kappa shape index (κ1) is 22.0. The zero-order valence-electron chi connectivity index (χ0n) is 18.0. The third-order valence-electron chi connectivity index (χ3n) is 5.90. The Labute approximate surface area is 187 Å². The van der Waals surface area contributed by atoms with Gasteiger partial charge in [0.1, 0.15) is 11.9 Å². The number of amides is 2. The Bertz CT molecular complexity index is 1170. The van der Waals surface area contributed by atoms with Gasteiger partial charge < -0.3 is 10.2 Å². The Morgan fingerprint density at radius 1 is 1.19 bits per heavy atom. The molecule has 168 valence electrons. The zero-order valence-corrected chi connectivity index (χ0v) is 18.9. The van der Waals surface area contributed by atoms with E-state index in [1.807, 2.05) is 26.0 Å². The van der Waals surface area contributed by atoms with E-state index in [1.165, 1.54) is 6.07 Å². The van der Waals surface area contributed by atoms with Crippen molar-refractivity contribution in [2.24, 2.45) is 10.9 Å². The number of anilines is 2. The van der Waals surface area contributed by atoms with Crippen molar-refractivity contribution < 1.29 is 18.0 Å². The summed E-state index contributed by atoms with van der Waals surface area (Å²) < 4.78 is 27.2. The van der Waals surface area contributed by atoms with Crippen molar-refractivity contribution in [2.75, 3.05) is 16.8 Å². The van der Waals surface area contributed by atoms with Gasteiger partial charge in [0.15, 0.2) is 0 Å². The van der Waals surface area contributed by atoms with Gasteiger partial charge in [-0.25, -0.2) is 8.42 Å². The first-order valence-corrected chi connectivity index (χ1v) is 12.2. The van der Waals surface area contributed by atoms with E-state index in [9.17, 15) is 18.0 Å². The highest BCUT2D eigenvalue weighted by Crippen LogP contribution is 2.26. The van der Waals surface area contributed by atoms with Gasteiger partial charge in [0.25, 0.3) is 10.0 Å². The van der Waals surface area contributed by atoms with Crippen molar-refractivity contribution >= 4 is 39.0 Å². The second kappa shape index (κ2) is 8.74. The monoisotopic (exact) mass is 454 g/mol. The van der Waals surface area contributed by atoms with Crippen molar-refractivity contribution in [2.45, 2.75) is 44.0 Å². The van der Waals surface area contributed by atoms with Gasteiger partial charge in [-0.15, -0.1) is 0 Å². The Balaban J connectivity index is 1.56. The molecule has 0 unspecified atom stereocenters. The molecule has 2 heterocycles.